The van der Waals surface area contributed by atoms with E-state index in [1.165, 1.54) is 12.1 Å². The van der Waals surface area contributed by atoms with Gasteiger partial charge in [0.1, 0.15) is 0 Å². The highest BCUT2D eigenvalue weighted by molar-refractivity contribution is 14.0. The average molecular weight is 486 g/mol. The maximum atomic E-state index is 12.9. The minimum atomic E-state index is -4.32. The lowest BCUT2D eigenvalue weighted by atomic mass is 10.1. The van der Waals surface area contributed by atoms with Gasteiger partial charge in [0.05, 0.1) is 12.2 Å². The van der Waals surface area contributed by atoms with E-state index in [9.17, 15) is 13.2 Å². The number of rotatable bonds is 5. The molecule has 26 heavy (non-hydrogen) atoms. The number of hydrogen-bond donors (Lipinski definition) is 1. The number of nitrogens with zero attached hydrogens (tertiary/aromatic N) is 3. The van der Waals surface area contributed by atoms with E-state index in [4.69, 9.17) is 4.74 Å². The van der Waals surface area contributed by atoms with Gasteiger partial charge in [-0.05, 0) is 25.1 Å². The molecule has 0 saturated carbocycles. The van der Waals surface area contributed by atoms with Gasteiger partial charge in [0.2, 0.25) is 0 Å². The Labute approximate surface area is 169 Å². The van der Waals surface area contributed by atoms with E-state index in [-0.39, 0.29) is 24.0 Å². The number of aliphatic imine (C=N–C) groups is 1. The van der Waals surface area contributed by atoms with Crippen molar-refractivity contribution in [1.82, 2.24) is 10.2 Å². The molecule has 0 amide bonds. The summed E-state index contributed by atoms with van der Waals surface area (Å²) in [6, 6.07) is 5.49. The minimum absolute atomic E-state index is 0. The van der Waals surface area contributed by atoms with Gasteiger partial charge in [-0.2, -0.15) is 13.2 Å². The Balaban J connectivity index is 0.00000338. The van der Waals surface area contributed by atoms with Crippen LogP contribution in [-0.2, 0) is 10.9 Å². The van der Waals surface area contributed by atoms with Crippen LogP contribution in [0.5, 0.6) is 0 Å². The number of piperazine rings is 1. The first kappa shape index (κ1) is 22.8. The van der Waals surface area contributed by atoms with Crippen molar-refractivity contribution in [3.05, 3.63) is 29.8 Å². The predicted molar refractivity (Wildman–Crippen MR) is 108 cm³/mol. The number of nitrogens with one attached hydrogen (secondary N) is 1. The molecule has 2 rings (SSSR count). The van der Waals surface area contributed by atoms with Crippen LogP contribution >= 0.6 is 24.0 Å². The van der Waals surface area contributed by atoms with Crippen molar-refractivity contribution >= 4 is 35.6 Å². The smallest absolute Gasteiger partial charge is 0.380 e. The van der Waals surface area contributed by atoms with Gasteiger partial charge in [-0.3, -0.25) is 4.99 Å². The summed E-state index contributed by atoms with van der Waals surface area (Å²) < 4.78 is 43.9. The van der Waals surface area contributed by atoms with Gasteiger partial charge in [0.15, 0.2) is 5.96 Å². The van der Waals surface area contributed by atoms with Crippen molar-refractivity contribution < 1.29 is 17.9 Å². The second kappa shape index (κ2) is 10.8. The van der Waals surface area contributed by atoms with Crippen molar-refractivity contribution in [2.24, 2.45) is 4.99 Å². The summed E-state index contributed by atoms with van der Waals surface area (Å²) in [5, 5.41) is 3.24. The highest BCUT2D eigenvalue weighted by Gasteiger charge is 2.31. The topological polar surface area (TPSA) is 40.1 Å². The molecular formula is C17H26F3IN4O. The average Bonchev–Trinajstić information content (AvgIpc) is 2.61. The number of anilines is 1. The minimum Gasteiger partial charge on any atom is -0.380 e. The van der Waals surface area contributed by atoms with Crippen molar-refractivity contribution in [3.63, 3.8) is 0 Å². The van der Waals surface area contributed by atoms with Gasteiger partial charge < -0.3 is 19.9 Å². The van der Waals surface area contributed by atoms with E-state index >= 15 is 0 Å². The molecule has 0 bridgehead atoms. The molecule has 1 fully saturated rings. The summed E-state index contributed by atoms with van der Waals surface area (Å²) in [5.74, 6) is 0.795. The first-order chi connectivity index (χ1) is 12.0. The highest BCUT2D eigenvalue weighted by Crippen LogP contribution is 2.31. The van der Waals surface area contributed by atoms with Crippen LogP contribution in [0.1, 0.15) is 12.5 Å². The van der Waals surface area contributed by atoms with Crippen molar-refractivity contribution in [2.75, 3.05) is 57.9 Å². The molecule has 1 heterocycles. The van der Waals surface area contributed by atoms with E-state index in [0.717, 1.165) is 12.0 Å². The van der Waals surface area contributed by atoms with Crippen LogP contribution in [0.2, 0.25) is 0 Å². The van der Waals surface area contributed by atoms with Gasteiger partial charge in [-0.15, -0.1) is 24.0 Å². The van der Waals surface area contributed by atoms with Crippen molar-refractivity contribution in [1.29, 1.82) is 0 Å². The van der Waals surface area contributed by atoms with Gasteiger partial charge in [0, 0.05) is 52.1 Å². The zero-order valence-corrected chi connectivity index (χ0v) is 17.4. The summed E-state index contributed by atoms with van der Waals surface area (Å²) in [6.45, 7) is 6.60. The van der Waals surface area contributed by atoms with Crippen LogP contribution in [0.25, 0.3) is 0 Å². The number of benzene rings is 1. The van der Waals surface area contributed by atoms with E-state index in [0.29, 0.717) is 51.6 Å². The van der Waals surface area contributed by atoms with Gasteiger partial charge in [-0.25, -0.2) is 0 Å². The molecule has 5 nitrogen and oxygen atoms in total. The quantitative estimate of drug-likeness (QED) is 0.301. The van der Waals surface area contributed by atoms with Crippen LogP contribution < -0.4 is 10.2 Å². The van der Waals surface area contributed by atoms with Crippen molar-refractivity contribution in [2.45, 2.75) is 13.1 Å². The zero-order valence-electron chi connectivity index (χ0n) is 15.1. The van der Waals surface area contributed by atoms with Gasteiger partial charge in [-0.1, -0.05) is 6.07 Å². The van der Waals surface area contributed by atoms with Crippen molar-refractivity contribution in [3.8, 4) is 0 Å². The van der Waals surface area contributed by atoms with Crippen LogP contribution in [0, 0.1) is 0 Å². The summed E-state index contributed by atoms with van der Waals surface area (Å²) >= 11 is 0. The lowest BCUT2D eigenvalue weighted by molar-refractivity contribution is -0.137. The normalized spacial score (nSPS) is 15.7. The molecule has 1 N–H and O–H groups in total. The Kier molecular flexibility index (Phi) is 9.48. The summed E-state index contributed by atoms with van der Waals surface area (Å²) in [4.78, 5) is 8.34. The lowest BCUT2D eigenvalue weighted by Crippen LogP contribution is -2.53. The molecule has 0 aromatic heterocycles. The second-order valence-corrected chi connectivity index (χ2v) is 5.69. The second-order valence-electron chi connectivity index (χ2n) is 5.69. The maximum Gasteiger partial charge on any atom is 0.416 e. The standard InChI is InChI=1S/C17H25F3N4O.HI/c1-3-25-12-7-22-16(21-2)24-10-8-23(9-11-24)15-6-4-5-14(13-15)17(18,19)20;/h4-6,13H,3,7-12H2,1-2H3,(H,21,22);1H. The molecule has 1 aromatic rings. The summed E-state index contributed by atoms with van der Waals surface area (Å²) in [6.07, 6.45) is -4.32. The Morgan fingerprint density at radius 2 is 1.92 bits per heavy atom. The molecule has 1 saturated heterocycles. The number of hydrogen-bond acceptors (Lipinski definition) is 3. The largest absolute Gasteiger partial charge is 0.416 e. The third kappa shape index (κ3) is 6.49. The Bertz CT molecular complexity index is 575. The molecule has 0 spiro atoms. The van der Waals surface area contributed by atoms with Crippen LogP contribution in [0.4, 0.5) is 18.9 Å². The third-order valence-electron chi connectivity index (χ3n) is 4.06. The van der Waals surface area contributed by atoms with E-state index < -0.39 is 11.7 Å². The molecule has 1 aliphatic rings. The Morgan fingerprint density at radius 1 is 1.23 bits per heavy atom. The molecule has 0 atom stereocenters. The predicted octanol–water partition coefficient (Wildman–Crippen LogP) is 3.06. The molecule has 0 aliphatic carbocycles. The fraction of sp³-hybridized carbons (Fsp3) is 0.588. The maximum absolute atomic E-state index is 12.9. The van der Waals surface area contributed by atoms with E-state index in [1.807, 2.05) is 11.8 Å². The molecule has 0 unspecified atom stereocenters. The summed E-state index contributed by atoms with van der Waals surface area (Å²) in [5.41, 5.74) is -0.00500. The van der Waals surface area contributed by atoms with Gasteiger partial charge >= 0.3 is 6.18 Å². The molecule has 1 aliphatic heterocycles. The summed E-state index contributed by atoms with van der Waals surface area (Å²) in [7, 11) is 1.72. The first-order valence-electron chi connectivity index (χ1n) is 8.41. The molecule has 9 heteroatoms. The number of alkyl halides is 3. The first-order valence-corrected chi connectivity index (χ1v) is 8.41. The SMILES string of the molecule is CCOCCNC(=NC)N1CCN(c2cccc(C(F)(F)F)c2)CC1.I. The van der Waals surface area contributed by atoms with E-state index in [1.54, 1.807) is 13.1 Å². The van der Waals surface area contributed by atoms with E-state index in [2.05, 4.69) is 15.2 Å². The molecular weight excluding hydrogens is 460 g/mol. The molecule has 1 aromatic carbocycles. The Hall–Kier alpha value is -1.23. The van der Waals surface area contributed by atoms with Crippen LogP contribution in [-0.4, -0.2) is 63.8 Å². The van der Waals surface area contributed by atoms with Gasteiger partial charge in [0.25, 0.3) is 0 Å². The monoisotopic (exact) mass is 486 g/mol. The molecule has 0 radical (unpaired) electrons. The lowest BCUT2D eigenvalue weighted by Gasteiger charge is -2.37. The number of ether oxygens (including phenoxy) is 1. The van der Waals surface area contributed by atoms with Crippen LogP contribution in [0.15, 0.2) is 29.3 Å². The highest BCUT2D eigenvalue weighted by atomic mass is 127. The molecule has 148 valence electrons. The fourth-order valence-corrected chi connectivity index (χ4v) is 2.77. The number of guanidine groups is 1. The Morgan fingerprint density at radius 3 is 2.50 bits per heavy atom. The van der Waals surface area contributed by atoms with Crippen LogP contribution in [0.3, 0.4) is 0 Å². The number of halogens is 4. The zero-order chi connectivity index (χ0) is 18.3. The third-order valence-corrected chi connectivity index (χ3v) is 4.06. The fourth-order valence-electron chi connectivity index (χ4n) is 2.77.